The van der Waals surface area contributed by atoms with E-state index in [0.29, 0.717) is 25.1 Å². The summed E-state index contributed by atoms with van der Waals surface area (Å²) in [5.74, 6) is -4.67. The molecule has 3 aliphatic heterocycles. The maximum atomic E-state index is 13.2. The molecule has 0 aromatic rings. The second-order valence-electron chi connectivity index (χ2n) is 9.88. The topological polar surface area (TPSA) is 163 Å². The van der Waals surface area contributed by atoms with Gasteiger partial charge in [-0.15, -0.1) is 0 Å². The zero-order valence-electron chi connectivity index (χ0n) is 20.2. The number of esters is 3. The summed E-state index contributed by atoms with van der Waals surface area (Å²) in [6.07, 6.45) is -2.86. The SMILES string of the molecule is CCC(C)(O)C1(O)C(=O)OC2CCN3CC=C(COC(=O)C(O)(C(C)C)C(C)OC(=O)C1O)C23. The highest BCUT2D eigenvalue weighted by molar-refractivity contribution is 5.91. The monoisotopic (exact) mass is 485 g/mol. The number of carbonyl (C=O) groups is 3. The molecular formula is C23H35NO10. The Bertz CT molecular complexity index is 870. The van der Waals surface area contributed by atoms with Crippen molar-refractivity contribution in [2.24, 2.45) is 5.92 Å². The molecule has 2 fully saturated rings. The van der Waals surface area contributed by atoms with Crippen LogP contribution < -0.4 is 0 Å². The molecule has 11 heteroatoms. The van der Waals surface area contributed by atoms with Crippen molar-refractivity contribution >= 4 is 17.9 Å². The van der Waals surface area contributed by atoms with Crippen LogP contribution in [0.2, 0.25) is 0 Å². The van der Waals surface area contributed by atoms with Crippen molar-refractivity contribution in [3.05, 3.63) is 11.6 Å². The van der Waals surface area contributed by atoms with E-state index in [4.69, 9.17) is 14.2 Å². The summed E-state index contributed by atoms with van der Waals surface area (Å²) in [4.78, 5) is 41.0. The Morgan fingerprint density at radius 2 is 1.85 bits per heavy atom. The molecule has 3 heterocycles. The molecule has 0 spiro atoms. The zero-order chi connectivity index (χ0) is 25.6. The van der Waals surface area contributed by atoms with Crippen LogP contribution in [0.15, 0.2) is 11.6 Å². The Balaban J connectivity index is 2.09. The molecule has 7 unspecified atom stereocenters. The molecule has 3 aliphatic rings. The Hall–Kier alpha value is -2.05. The average molecular weight is 486 g/mol. The van der Waals surface area contributed by atoms with Gasteiger partial charge in [-0.05, 0) is 38.2 Å². The molecule has 0 amide bonds. The van der Waals surface area contributed by atoms with E-state index >= 15 is 0 Å². The molecule has 4 N–H and O–H groups in total. The number of hydrogen-bond acceptors (Lipinski definition) is 11. The molecule has 3 rings (SSSR count). The van der Waals surface area contributed by atoms with Gasteiger partial charge in [0.25, 0.3) is 0 Å². The van der Waals surface area contributed by atoms with Crippen molar-refractivity contribution in [2.75, 3.05) is 19.7 Å². The normalized spacial score (nSPS) is 39.5. The van der Waals surface area contributed by atoms with E-state index in [-0.39, 0.29) is 13.0 Å². The fraction of sp³-hybridized carbons (Fsp3) is 0.783. The lowest BCUT2D eigenvalue weighted by atomic mass is 9.77. The molecule has 11 nitrogen and oxygen atoms in total. The minimum atomic E-state index is -3.07. The number of cyclic esters (lactones) is 2. The van der Waals surface area contributed by atoms with Crippen LogP contribution in [0.1, 0.15) is 47.5 Å². The second kappa shape index (κ2) is 9.19. The predicted molar refractivity (Wildman–Crippen MR) is 116 cm³/mol. The van der Waals surface area contributed by atoms with Crippen LogP contribution in [0.4, 0.5) is 0 Å². The Morgan fingerprint density at radius 1 is 1.21 bits per heavy atom. The van der Waals surface area contributed by atoms with Gasteiger partial charge in [0, 0.05) is 13.1 Å². The lowest BCUT2D eigenvalue weighted by Crippen LogP contribution is -2.68. The highest BCUT2D eigenvalue weighted by Crippen LogP contribution is 2.37. The van der Waals surface area contributed by atoms with Crippen molar-refractivity contribution in [1.29, 1.82) is 0 Å². The minimum Gasteiger partial charge on any atom is -0.459 e. The van der Waals surface area contributed by atoms with Gasteiger partial charge in [0.05, 0.1) is 6.04 Å². The van der Waals surface area contributed by atoms with E-state index in [1.54, 1.807) is 0 Å². The van der Waals surface area contributed by atoms with Crippen molar-refractivity contribution in [1.82, 2.24) is 4.90 Å². The van der Waals surface area contributed by atoms with Gasteiger partial charge in [0.15, 0.2) is 6.10 Å². The number of rotatable bonds is 3. The molecule has 0 bridgehead atoms. The first-order valence-electron chi connectivity index (χ1n) is 11.6. The molecule has 2 saturated heterocycles. The largest absolute Gasteiger partial charge is 0.459 e. The minimum absolute atomic E-state index is 0.177. The maximum Gasteiger partial charge on any atom is 0.344 e. The van der Waals surface area contributed by atoms with E-state index < -0.39 is 65.0 Å². The number of ether oxygens (including phenoxy) is 3. The molecule has 7 atom stereocenters. The number of aliphatic hydroxyl groups excluding tert-OH is 1. The van der Waals surface area contributed by atoms with E-state index in [9.17, 15) is 34.8 Å². The van der Waals surface area contributed by atoms with Crippen LogP contribution in [0.3, 0.4) is 0 Å². The number of nitrogens with zero attached hydrogens (tertiary/aromatic N) is 1. The third kappa shape index (κ3) is 4.03. The number of aliphatic hydroxyl groups is 4. The molecule has 0 aliphatic carbocycles. The van der Waals surface area contributed by atoms with Gasteiger partial charge in [-0.25, -0.2) is 14.4 Å². The summed E-state index contributed by atoms with van der Waals surface area (Å²) < 4.78 is 16.1. The summed E-state index contributed by atoms with van der Waals surface area (Å²) in [5.41, 5.74) is -6.97. The fourth-order valence-electron chi connectivity index (χ4n) is 4.88. The van der Waals surface area contributed by atoms with Gasteiger partial charge < -0.3 is 34.6 Å². The van der Waals surface area contributed by atoms with Crippen molar-refractivity contribution in [2.45, 2.75) is 88.6 Å². The van der Waals surface area contributed by atoms with E-state index in [1.807, 2.05) is 11.0 Å². The standard InChI is InChI=1S/C23H35NO10/c1-6-21(5,29)23(31)17(25)18(26)33-13(4)22(30,12(2)3)19(27)32-11-14-7-9-24-10-8-15(16(14)24)34-20(23)28/h7,12-13,15-17,25,29-31H,6,8-11H2,1-5H3. The second-order valence-corrected chi connectivity index (χ2v) is 9.88. The van der Waals surface area contributed by atoms with E-state index in [0.717, 1.165) is 6.92 Å². The summed E-state index contributed by atoms with van der Waals surface area (Å²) in [5, 5.41) is 44.1. The molecule has 0 saturated carbocycles. The molecule has 34 heavy (non-hydrogen) atoms. The first-order valence-corrected chi connectivity index (χ1v) is 11.6. The number of hydrogen-bond donors (Lipinski definition) is 4. The molecule has 192 valence electrons. The lowest BCUT2D eigenvalue weighted by molar-refractivity contribution is -0.235. The van der Waals surface area contributed by atoms with Crippen LogP contribution in [0, 0.1) is 5.92 Å². The summed E-state index contributed by atoms with van der Waals surface area (Å²) in [6.45, 7) is 7.75. The van der Waals surface area contributed by atoms with Crippen molar-refractivity contribution in [3.8, 4) is 0 Å². The van der Waals surface area contributed by atoms with Crippen LogP contribution >= 0.6 is 0 Å². The highest BCUT2D eigenvalue weighted by Gasteiger charge is 2.62. The van der Waals surface area contributed by atoms with Crippen LogP contribution in [-0.2, 0) is 28.6 Å². The van der Waals surface area contributed by atoms with Gasteiger partial charge >= 0.3 is 17.9 Å². The van der Waals surface area contributed by atoms with Crippen LogP contribution in [0.5, 0.6) is 0 Å². The van der Waals surface area contributed by atoms with Gasteiger partial charge in [0.2, 0.25) is 11.2 Å². The Labute approximate surface area is 198 Å². The summed E-state index contributed by atoms with van der Waals surface area (Å²) in [7, 11) is 0. The quantitative estimate of drug-likeness (QED) is 0.221. The van der Waals surface area contributed by atoms with Gasteiger partial charge in [-0.2, -0.15) is 0 Å². The maximum absolute atomic E-state index is 13.2. The van der Waals surface area contributed by atoms with Gasteiger partial charge in [0.1, 0.15) is 24.4 Å². The molecular weight excluding hydrogens is 450 g/mol. The third-order valence-corrected chi connectivity index (χ3v) is 7.60. The molecule has 0 aromatic heterocycles. The van der Waals surface area contributed by atoms with Gasteiger partial charge in [-0.1, -0.05) is 26.8 Å². The summed E-state index contributed by atoms with van der Waals surface area (Å²) in [6, 6.07) is -0.454. The van der Waals surface area contributed by atoms with Crippen LogP contribution in [-0.4, -0.2) is 104 Å². The first kappa shape index (κ1) is 26.6. The van der Waals surface area contributed by atoms with E-state index in [1.165, 1.54) is 27.7 Å². The average Bonchev–Trinajstić information content (AvgIpc) is 3.37. The molecule has 0 radical (unpaired) electrons. The summed E-state index contributed by atoms with van der Waals surface area (Å²) >= 11 is 0. The highest BCUT2D eigenvalue weighted by atomic mass is 16.6. The fourth-order valence-corrected chi connectivity index (χ4v) is 4.88. The predicted octanol–water partition coefficient (Wildman–Crippen LogP) is -0.959. The Kier molecular flexibility index (Phi) is 7.18. The number of carbonyl (C=O) groups excluding carboxylic acids is 3. The first-order chi connectivity index (χ1) is 15.7. The van der Waals surface area contributed by atoms with Gasteiger partial charge in [-0.3, -0.25) is 4.90 Å². The van der Waals surface area contributed by atoms with Crippen molar-refractivity contribution in [3.63, 3.8) is 0 Å². The van der Waals surface area contributed by atoms with E-state index in [2.05, 4.69) is 0 Å². The Morgan fingerprint density at radius 3 is 2.44 bits per heavy atom. The third-order valence-electron chi connectivity index (χ3n) is 7.60. The smallest absolute Gasteiger partial charge is 0.344 e. The van der Waals surface area contributed by atoms with Crippen LogP contribution in [0.25, 0.3) is 0 Å². The zero-order valence-corrected chi connectivity index (χ0v) is 20.2. The lowest BCUT2D eigenvalue weighted by Gasteiger charge is -2.42. The van der Waals surface area contributed by atoms with Crippen molar-refractivity contribution < 1.29 is 49.0 Å². The molecule has 0 aromatic carbocycles.